The second-order valence-electron chi connectivity index (χ2n) is 6.29. The molecule has 4 nitrogen and oxygen atoms in total. The van der Waals surface area contributed by atoms with E-state index < -0.39 is 17.7 Å². The highest BCUT2D eigenvalue weighted by atomic mass is 19.1. The van der Waals surface area contributed by atoms with Gasteiger partial charge in [-0.3, -0.25) is 9.59 Å². The molecule has 0 saturated carbocycles. The zero-order chi connectivity index (χ0) is 16.6. The zero-order valence-corrected chi connectivity index (χ0v) is 13.1. The van der Waals surface area contributed by atoms with Gasteiger partial charge < -0.3 is 9.80 Å². The Hall–Kier alpha value is -1.98. The van der Waals surface area contributed by atoms with Crippen molar-refractivity contribution < 1.29 is 18.4 Å². The van der Waals surface area contributed by atoms with Crippen molar-refractivity contribution >= 4 is 11.8 Å². The van der Waals surface area contributed by atoms with Crippen molar-refractivity contribution in [2.75, 3.05) is 13.1 Å². The molecule has 0 N–H and O–H groups in total. The molecule has 6 heteroatoms. The number of hydrogen-bond donors (Lipinski definition) is 0. The first-order valence-corrected chi connectivity index (χ1v) is 8.01. The molecule has 2 heterocycles. The number of carbonyl (C=O) groups is 2. The number of halogens is 2. The third kappa shape index (κ3) is 3.07. The Bertz CT molecular complexity index is 635. The molecule has 0 radical (unpaired) electrons. The normalized spacial score (nSPS) is 24.0. The molecule has 124 valence electrons. The molecule has 2 atom stereocenters. The number of aryl methyl sites for hydroxylation is 1. The van der Waals surface area contributed by atoms with Gasteiger partial charge in [-0.2, -0.15) is 0 Å². The minimum absolute atomic E-state index is 0.0000581. The standard InChI is InChI=1S/C17H20F2N2O2/c1-11-17(23)20-8-2-3-14(20)10-21(11)16(22)7-5-12-4-6-13(18)9-15(12)19/h4,6,9,11,14H,2-3,5,7-8,10H2,1H3/t11-,14-/m0/s1. The third-order valence-electron chi connectivity index (χ3n) is 4.84. The molecule has 0 spiro atoms. The molecule has 3 rings (SSSR count). The molecular weight excluding hydrogens is 302 g/mol. The van der Waals surface area contributed by atoms with E-state index in [4.69, 9.17) is 0 Å². The molecule has 2 aliphatic rings. The molecule has 0 aromatic heterocycles. The Morgan fingerprint density at radius 2 is 2.13 bits per heavy atom. The van der Waals surface area contributed by atoms with Crippen LogP contribution in [-0.4, -0.2) is 46.8 Å². The van der Waals surface area contributed by atoms with E-state index >= 15 is 0 Å². The molecule has 0 aliphatic carbocycles. The summed E-state index contributed by atoms with van der Waals surface area (Å²) in [5, 5.41) is 0. The number of carbonyl (C=O) groups excluding carboxylic acids is 2. The molecule has 2 aliphatic heterocycles. The van der Waals surface area contributed by atoms with Crippen LogP contribution in [0.5, 0.6) is 0 Å². The van der Waals surface area contributed by atoms with Gasteiger partial charge in [-0.25, -0.2) is 8.78 Å². The molecule has 2 saturated heterocycles. The quantitative estimate of drug-likeness (QED) is 0.855. The summed E-state index contributed by atoms with van der Waals surface area (Å²) in [6.45, 7) is 3.07. The van der Waals surface area contributed by atoms with Gasteiger partial charge in [0.2, 0.25) is 11.8 Å². The summed E-state index contributed by atoms with van der Waals surface area (Å²) < 4.78 is 26.5. The monoisotopic (exact) mass is 322 g/mol. The molecule has 0 unspecified atom stereocenters. The van der Waals surface area contributed by atoms with Crippen molar-refractivity contribution in [3.05, 3.63) is 35.4 Å². The largest absolute Gasteiger partial charge is 0.336 e. The number of amides is 2. The van der Waals surface area contributed by atoms with Gasteiger partial charge in [0.25, 0.3) is 0 Å². The highest BCUT2D eigenvalue weighted by Gasteiger charge is 2.41. The van der Waals surface area contributed by atoms with Crippen LogP contribution in [0.15, 0.2) is 18.2 Å². The van der Waals surface area contributed by atoms with Crippen LogP contribution in [0.4, 0.5) is 8.78 Å². The molecule has 23 heavy (non-hydrogen) atoms. The van der Waals surface area contributed by atoms with Crippen molar-refractivity contribution in [1.82, 2.24) is 9.80 Å². The highest BCUT2D eigenvalue weighted by Crippen LogP contribution is 2.26. The van der Waals surface area contributed by atoms with Gasteiger partial charge >= 0.3 is 0 Å². The molecule has 1 aromatic carbocycles. The average Bonchev–Trinajstić information content (AvgIpc) is 2.98. The minimum Gasteiger partial charge on any atom is -0.336 e. The van der Waals surface area contributed by atoms with Gasteiger partial charge in [-0.15, -0.1) is 0 Å². The fourth-order valence-corrected chi connectivity index (χ4v) is 3.50. The van der Waals surface area contributed by atoms with Crippen LogP contribution < -0.4 is 0 Å². The van der Waals surface area contributed by atoms with E-state index in [9.17, 15) is 18.4 Å². The Kier molecular flexibility index (Phi) is 4.33. The average molecular weight is 322 g/mol. The predicted molar refractivity (Wildman–Crippen MR) is 80.6 cm³/mol. The fourth-order valence-electron chi connectivity index (χ4n) is 3.50. The third-order valence-corrected chi connectivity index (χ3v) is 4.84. The van der Waals surface area contributed by atoms with Crippen LogP contribution in [0, 0.1) is 11.6 Å². The molecular formula is C17H20F2N2O2. The van der Waals surface area contributed by atoms with E-state index in [1.54, 1.807) is 11.8 Å². The summed E-state index contributed by atoms with van der Waals surface area (Å²) in [6.07, 6.45) is 2.23. The van der Waals surface area contributed by atoms with Gasteiger partial charge in [0.05, 0.1) is 0 Å². The second-order valence-corrected chi connectivity index (χ2v) is 6.29. The van der Waals surface area contributed by atoms with Crippen LogP contribution in [0.2, 0.25) is 0 Å². The van der Waals surface area contributed by atoms with Crippen molar-refractivity contribution in [1.29, 1.82) is 0 Å². The van der Waals surface area contributed by atoms with Crippen LogP contribution in [0.3, 0.4) is 0 Å². The molecule has 1 aromatic rings. The lowest BCUT2D eigenvalue weighted by Gasteiger charge is -2.41. The van der Waals surface area contributed by atoms with E-state index in [0.29, 0.717) is 12.1 Å². The number of fused-ring (bicyclic) bond motifs is 1. The smallest absolute Gasteiger partial charge is 0.245 e. The first-order valence-electron chi connectivity index (χ1n) is 8.01. The maximum atomic E-state index is 13.6. The molecule has 2 fully saturated rings. The fraction of sp³-hybridized carbons (Fsp3) is 0.529. The first-order chi connectivity index (χ1) is 11.0. The van der Waals surface area contributed by atoms with Gasteiger partial charge in [0, 0.05) is 31.6 Å². The van der Waals surface area contributed by atoms with Crippen molar-refractivity contribution in [2.24, 2.45) is 0 Å². The minimum atomic E-state index is -0.637. The number of benzene rings is 1. The SMILES string of the molecule is C[C@H]1C(=O)N2CCC[C@H]2CN1C(=O)CCc1ccc(F)cc1F. The number of nitrogens with zero attached hydrogens (tertiary/aromatic N) is 2. The Balaban J connectivity index is 1.64. The lowest BCUT2D eigenvalue weighted by molar-refractivity contribution is -0.152. The maximum Gasteiger partial charge on any atom is 0.245 e. The van der Waals surface area contributed by atoms with Crippen molar-refractivity contribution in [3.8, 4) is 0 Å². The number of rotatable bonds is 3. The molecule has 0 bridgehead atoms. The van der Waals surface area contributed by atoms with Gasteiger partial charge in [0.1, 0.15) is 17.7 Å². The summed E-state index contributed by atoms with van der Waals surface area (Å²) in [6, 6.07) is 3.02. The van der Waals surface area contributed by atoms with E-state index in [-0.39, 0.29) is 30.7 Å². The molecule has 2 amide bonds. The number of piperazine rings is 1. The van der Waals surface area contributed by atoms with Gasteiger partial charge in [-0.1, -0.05) is 6.07 Å². The summed E-state index contributed by atoms with van der Waals surface area (Å²) in [5.41, 5.74) is 0.318. The Labute approximate surface area is 134 Å². The summed E-state index contributed by atoms with van der Waals surface area (Å²) in [7, 11) is 0. The van der Waals surface area contributed by atoms with E-state index in [1.165, 1.54) is 12.1 Å². The second kappa shape index (κ2) is 6.26. The highest BCUT2D eigenvalue weighted by molar-refractivity contribution is 5.89. The predicted octanol–water partition coefficient (Wildman–Crippen LogP) is 2.12. The van der Waals surface area contributed by atoms with Crippen LogP contribution >= 0.6 is 0 Å². The Morgan fingerprint density at radius 3 is 2.87 bits per heavy atom. The number of hydrogen-bond acceptors (Lipinski definition) is 2. The van der Waals surface area contributed by atoms with Crippen LogP contribution in [0.1, 0.15) is 31.7 Å². The summed E-state index contributed by atoms with van der Waals surface area (Å²) in [5.74, 6) is -1.42. The van der Waals surface area contributed by atoms with Crippen LogP contribution in [-0.2, 0) is 16.0 Å². The van der Waals surface area contributed by atoms with E-state index in [2.05, 4.69) is 0 Å². The lowest BCUT2D eigenvalue weighted by Crippen LogP contribution is -2.60. The Morgan fingerprint density at radius 1 is 1.35 bits per heavy atom. The van der Waals surface area contributed by atoms with Gasteiger partial charge in [0.15, 0.2) is 0 Å². The first kappa shape index (κ1) is 15.9. The summed E-state index contributed by atoms with van der Waals surface area (Å²) in [4.78, 5) is 28.2. The van der Waals surface area contributed by atoms with Crippen LogP contribution in [0.25, 0.3) is 0 Å². The van der Waals surface area contributed by atoms with Crippen molar-refractivity contribution in [2.45, 2.75) is 44.7 Å². The van der Waals surface area contributed by atoms with E-state index in [0.717, 1.165) is 25.5 Å². The summed E-state index contributed by atoms with van der Waals surface area (Å²) >= 11 is 0. The lowest BCUT2D eigenvalue weighted by atomic mass is 10.0. The zero-order valence-electron chi connectivity index (χ0n) is 13.1. The van der Waals surface area contributed by atoms with Gasteiger partial charge in [-0.05, 0) is 37.8 Å². The van der Waals surface area contributed by atoms with E-state index in [1.807, 2.05) is 4.90 Å². The maximum absolute atomic E-state index is 13.6. The van der Waals surface area contributed by atoms with Crippen molar-refractivity contribution in [3.63, 3.8) is 0 Å². The topological polar surface area (TPSA) is 40.6 Å².